The van der Waals surface area contributed by atoms with Crippen LogP contribution in [-0.4, -0.2) is 36.0 Å². The highest BCUT2D eigenvalue weighted by atomic mass is 16.5. The van der Waals surface area contributed by atoms with Crippen molar-refractivity contribution < 1.29 is 19.7 Å². The molecular formula is C20H26N2O4. The lowest BCUT2D eigenvalue weighted by atomic mass is 10.00. The van der Waals surface area contributed by atoms with Crippen LogP contribution in [0.15, 0.2) is 54.6 Å². The average Bonchev–Trinajstić information content (AvgIpc) is 2.67. The first-order valence-electron chi connectivity index (χ1n) is 8.64. The van der Waals surface area contributed by atoms with Gasteiger partial charge in [0.05, 0.1) is 6.10 Å². The highest BCUT2D eigenvalue weighted by Crippen LogP contribution is 2.20. The molecule has 0 spiro atoms. The van der Waals surface area contributed by atoms with E-state index in [1.165, 1.54) is 0 Å². The number of carbonyl (C=O) groups is 1. The number of benzene rings is 2. The molecule has 0 heterocycles. The predicted octanol–water partition coefficient (Wildman–Crippen LogP) is 2.12. The zero-order valence-corrected chi connectivity index (χ0v) is 14.9. The van der Waals surface area contributed by atoms with Gasteiger partial charge < -0.3 is 25.6 Å². The Labute approximate surface area is 153 Å². The second kappa shape index (κ2) is 10.6. The number of hydrogen-bond donors (Lipinski definition) is 4. The third-order valence-electron chi connectivity index (χ3n) is 3.96. The third-order valence-corrected chi connectivity index (χ3v) is 3.96. The van der Waals surface area contributed by atoms with Crippen molar-refractivity contribution in [2.75, 3.05) is 13.6 Å². The van der Waals surface area contributed by atoms with E-state index in [9.17, 15) is 15.0 Å². The first-order chi connectivity index (χ1) is 12.6. The molecule has 6 heteroatoms. The lowest BCUT2D eigenvalue weighted by Gasteiger charge is -2.19. The maximum absolute atomic E-state index is 11.7. The van der Waals surface area contributed by atoms with Gasteiger partial charge in [0.1, 0.15) is 12.7 Å². The van der Waals surface area contributed by atoms with Crippen LogP contribution in [-0.2, 0) is 17.9 Å². The van der Waals surface area contributed by atoms with Crippen LogP contribution in [0.3, 0.4) is 0 Å². The van der Waals surface area contributed by atoms with Crippen molar-refractivity contribution in [3.8, 4) is 0 Å². The van der Waals surface area contributed by atoms with Crippen LogP contribution in [0, 0.1) is 0 Å². The van der Waals surface area contributed by atoms with Crippen molar-refractivity contribution in [3.63, 3.8) is 0 Å². The summed E-state index contributed by atoms with van der Waals surface area (Å²) in [4.78, 5) is 11.7. The van der Waals surface area contributed by atoms with Crippen molar-refractivity contribution in [2.45, 2.75) is 31.8 Å². The SMILES string of the molecule is CNCc1cccc(C(O)C(O)CCNC(=O)OCc2ccccc2)c1. The maximum Gasteiger partial charge on any atom is 0.407 e. The van der Waals surface area contributed by atoms with Gasteiger partial charge in [-0.1, -0.05) is 54.6 Å². The minimum atomic E-state index is -1.01. The van der Waals surface area contributed by atoms with Gasteiger partial charge in [-0.25, -0.2) is 4.79 Å². The first-order valence-corrected chi connectivity index (χ1v) is 8.64. The molecule has 0 bridgehead atoms. The van der Waals surface area contributed by atoms with Crippen LogP contribution in [0.2, 0.25) is 0 Å². The van der Waals surface area contributed by atoms with Gasteiger partial charge in [-0.3, -0.25) is 0 Å². The first kappa shape index (κ1) is 19.9. The summed E-state index contributed by atoms with van der Waals surface area (Å²) in [7, 11) is 1.85. The molecule has 2 unspecified atom stereocenters. The van der Waals surface area contributed by atoms with Crippen molar-refractivity contribution in [1.82, 2.24) is 10.6 Å². The molecule has 0 aliphatic heterocycles. The number of aliphatic hydroxyl groups is 2. The molecule has 2 aromatic carbocycles. The molecule has 0 fully saturated rings. The largest absolute Gasteiger partial charge is 0.445 e. The number of nitrogens with one attached hydrogen (secondary N) is 2. The normalized spacial score (nSPS) is 13.0. The van der Waals surface area contributed by atoms with Crippen molar-refractivity contribution in [2.24, 2.45) is 0 Å². The van der Waals surface area contributed by atoms with E-state index in [0.29, 0.717) is 12.1 Å². The van der Waals surface area contributed by atoms with Crippen molar-refractivity contribution in [3.05, 3.63) is 71.3 Å². The maximum atomic E-state index is 11.7. The number of carbonyl (C=O) groups excluding carboxylic acids is 1. The second-order valence-electron chi connectivity index (χ2n) is 6.06. The minimum absolute atomic E-state index is 0.191. The van der Waals surface area contributed by atoms with Crippen LogP contribution >= 0.6 is 0 Å². The molecule has 0 aliphatic carbocycles. The van der Waals surface area contributed by atoms with Gasteiger partial charge in [-0.05, 0) is 30.2 Å². The Balaban J connectivity index is 1.72. The van der Waals surface area contributed by atoms with E-state index in [1.807, 2.05) is 55.6 Å². The van der Waals surface area contributed by atoms with E-state index in [2.05, 4.69) is 10.6 Å². The Hall–Kier alpha value is -2.41. The van der Waals surface area contributed by atoms with Gasteiger partial charge in [0.15, 0.2) is 0 Å². The van der Waals surface area contributed by atoms with Crippen LogP contribution < -0.4 is 10.6 Å². The molecule has 140 valence electrons. The summed E-state index contributed by atoms with van der Waals surface area (Å²) in [5.74, 6) is 0. The van der Waals surface area contributed by atoms with Crippen LogP contribution in [0.5, 0.6) is 0 Å². The molecule has 2 atom stereocenters. The van der Waals surface area contributed by atoms with E-state index in [4.69, 9.17) is 4.74 Å². The predicted molar refractivity (Wildman–Crippen MR) is 99.4 cm³/mol. The van der Waals surface area contributed by atoms with Gasteiger partial charge in [-0.2, -0.15) is 0 Å². The van der Waals surface area contributed by atoms with E-state index in [0.717, 1.165) is 11.1 Å². The molecule has 2 rings (SSSR count). The molecule has 2 aromatic rings. The van der Waals surface area contributed by atoms with Crippen LogP contribution in [0.25, 0.3) is 0 Å². The summed E-state index contributed by atoms with van der Waals surface area (Å²) < 4.78 is 5.10. The zero-order chi connectivity index (χ0) is 18.8. The molecule has 0 aliphatic rings. The fraction of sp³-hybridized carbons (Fsp3) is 0.350. The summed E-state index contributed by atoms with van der Waals surface area (Å²) in [6.45, 7) is 1.09. The second-order valence-corrected chi connectivity index (χ2v) is 6.06. The standard InChI is InChI=1S/C20H26N2O4/c1-21-13-16-8-5-9-17(12-16)19(24)18(23)10-11-22-20(25)26-14-15-6-3-2-4-7-15/h2-9,12,18-19,21,23-24H,10-11,13-14H2,1H3,(H,22,25). The summed E-state index contributed by atoms with van der Waals surface area (Å²) in [6.07, 6.45) is -2.31. The zero-order valence-electron chi connectivity index (χ0n) is 14.9. The van der Waals surface area contributed by atoms with E-state index in [-0.39, 0.29) is 19.6 Å². The molecule has 6 nitrogen and oxygen atoms in total. The third kappa shape index (κ3) is 6.48. The monoisotopic (exact) mass is 358 g/mol. The van der Waals surface area contributed by atoms with Crippen LogP contribution in [0.1, 0.15) is 29.2 Å². The topological polar surface area (TPSA) is 90.8 Å². The Morgan fingerprint density at radius 1 is 1.08 bits per heavy atom. The van der Waals surface area contributed by atoms with Gasteiger partial charge in [0, 0.05) is 13.1 Å². The van der Waals surface area contributed by atoms with Gasteiger partial charge in [-0.15, -0.1) is 0 Å². The molecule has 4 N–H and O–H groups in total. The van der Waals surface area contributed by atoms with Crippen molar-refractivity contribution in [1.29, 1.82) is 0 Å². The average molecular weight is 358 g/mol. The van der Waals surface area contributed by atoms with E-state index < -0.39 is 18.3 Å². The molecule has 0 saturated carbocycles. The van der Waals surface area contributed by atoms with Gasteiger partial charge in [0.25, 0.3) is 0 Å². The van der Waals surface area contributed by atoms with Crippen LogP contribution in [0.4, 0.5) is 4.79 Å². The molecule has 26 heavy (non-hydrogen) atoms. The summed E-state index contributed by atoms with van der Waals surface area (Å²) in [5, 5.41) is 26.1. The number of hydrogen-bond acceptors (Lipinski definition) is 5. The number of ether oxygens (including phenoxy) is 1. The molecular weight excluding hydrogens is 332 g/mol. The minimum Gasteiger partial charge on any atom is -0.445 e. The number of alkyl carbamates (subject to hydrolysis) is 1. The molecule has 1 amide bonds. The number of amides is 1. The number of aliphatic hydroxyl groups excluding tert-OH is 2. The van der Waals surface area contributed by atoms with Crippen molar-refractivity contribution >= 4 is 6.09 Å². The molecule has 0 saturated heterocycles. The molecule has 0 aromatic heterocycles. The molecule has 0 radical (unpaired) electrons. The summed E-state index contributed by atoms with van der Waals surface area (Å²) in [6, 6.07) is 16.8. The highest BCUT2D eigenvalue weighted by molar-refractivity contribution is 5.67. The number of rotatable bonds is 9. The summed E-state index contributed by atoms with van der Waals surface area (Å²) in [5.41, 5.74) is 2.58. The Bertz CT molecular complexity index is 679. The Kier molecular flexibility index (Phi) is 8.08. The fourth-order valence-corrected chi connectivity index (χ4v) is 2.57. The summed E-state index contributed by atoms with van der Waals surface area (Å²) >= 11 is 0. The fourth-order valence-electron chi connectivity index (χ4n) is 2.57. The van der Waals surface area contributed by atoms with Gasteiger partial charge in [0.2, 0.25) is 0 Å². The Morgan fingerprint density at radius 3 is 2.54 bits per heavy atom. The Morgan fingerprint density at radius 2 is 1.81 bits per heavy atom. The smallest absolute Gasteiger partial charge is 0.407 e. The van der Waals surface area contributed by atoms with E-state index >= 15 is 0 Å². The lowest BCUT2D eigenvalue weighted by Crippen LogP contribution is -2.29. The lowest BCUT2D eigenvalue weighted by molar-refractivity contribution is 0.0136. The quantitative estimate of drug-likeness (QED) is 0.551. The van der Waals surface area contributed by atoms with Gasteiger partial charge >= 0.3 is 6.09 Å². The highest BCUT2D eigenvalue weighted by Gasteiger charge is 2.18. The van der Waals surface area contributed by atoms with E-state index in [1.54, 1.807) is 6.07 Å².